The lowest BCUT2D eigenvalue weighted by Gasteiger charge is -2.20. The Hall–Kier alpha value is -2.01. The van der Waals surface area contributed by atoms with Gasteiger partial charge < -0.3 is 4.74 Å². The molecular weight excluding hydrogens is 346 g/mol. The van der Waals surface area contributed by atoms with Crippen molar-refractivity contribution < 1.29 is 13.2 Å². The van der Waals surface area contributed by atoms with Crippen molar-refractivity contribution >= 4 is 15.7 Å². The SMILES string of the molecule is COc1cc(C)c(S(=O)(=O)Nc2c(C)cccc2C(C)C)cc1C(C)C. The Morgan fingerprint density at radius 2 is 1.54 bits per heavy atom. The molecule has 0 atom stereocenters. The third-order valence-electron chi connectivity index (χ3n) is 4.60. The quantitative estimate of drug-likeness (QED) is 0.739. The summed E-state index contributed by atoms with van der Waals surface area (Å²) < 4.78 is 34.6. The van der Waals surface area contributed by atoms with Crippen LogP contribution >= 0.6 is 0 Å². The van der Waals surface area contributed by atoms with Gasteiger partial charge in [-0.15, -0.1) is 0 Å². The molecule has 0 unspecified atom stereocenters. The molecular formula is C21H29NO3S. The Balaban J connectivity index is 2.58. The van der Waals surface area contributed by atoms with Crippen molar-refractivity contribution in [2.75, 3.05) is 11.8 Å². The monoisotopic (exact) mass is 375 g/mol. The molecule has 2 aromatic carbocycles. The summed E-state index contributed by atoms with van der Waals surface area (Å²) in [6.45, 7) is 11.9. The van der Waals surface area contributed by atoms with Crippen molar-refractivity contribution in [3.63, 3.8) is 0 Å². The number of aryl methyl sites for hydroxylation is 2. The first-order valence-corrected chi connectivity index (χ1v) is 10.4. The summed E-state index contributed by atoms with van der Waals surface area (Å²) in [6, 6.07) is 9.37. The van der Waals surface area contributed by atoms with Gasteiger partial charge in [-0.25, -0.2) is 8.42 Å². The zero-order chi connectivity index (χ0) is 19.6. The number of methoxy groups -OCH3 is 1. The fraction of sp³-hybridized carbons (Fsp3) is 0.429. The lowest BCUT2D eigenvalue weighted by Crippen LogP contribution is -2.17. The van der Waals surface area contributed by atoms with E-state index in [1.54, 1.807) is 26.2 Å². The van der Waals surface area contributed by atoms with Crippen molar-refractivity contribution in [3.8, 4) is 5.75 Å². The molecule has 0 radical (unpaired) electrons. The smallest absolute Gasteiger partial charge is 0.262 e. The first-order valence-electron chi connectivity index (χ1n) is 8.89. The Kier molecular flexibility index (Phi) is 6.02. The van der Waals surface area contributed by atoms with E-state index in [9.17, 15) is 8.42 Å². The predicted octanol–water partition coefficient (Wildman–Crippen LogP) is 5.36. The average molecular weight is 376 g/mol. The van der Waals surface area contributed by atoms with Crippen LogP contribution in [0.3, 0.4) is 0 Å². The van der Waals surface area contributed by atoms with E-state index in [-0.39, 0.29) is 11.8 Å². The average Bonchev–Trinajstić information content (AvgIpc) is 2.55. The van der Waals surface area contributed by atoms with E-state index in [0.717, 1.165) is 22.4 Å². The van der Waals surface area contributed by atoms with E-state index in [0.29, 0.717) is 16.1 Å². The van der Waals surface area contributed by atoms with Gasteiger partial charge in [-0.1, -0.05) is 45.9 Å². The molecule has 0 aliphatic carbocycles. The van der Waals surface area contributed by atoms with Gasteiger partial charge >= 0.3 is 0 Å². The summed E-state index contributed by atoms with van der Waals surface area (Å²) in [5.74, 6) is 1.09. The Bertz CT molecular complexity index is 900. The predicted molar refractivity (Wildman–Crippen MR) is 108 cm³/mol. The molecule has 0 saturated heterocycles. The second-order valence-corrected chi connectivity index (χ2v) is 8.96. The first kappa shape index (κ1) is 20.3. The lowest BCUT2D eigenvalue weighted by molar-refractivity contribution is 0.406. The molecule has 0 spiro atoms. The number of hydrogen-bond acceptors (Lipinski definition) is 3. The number of benzene rings is 2. The minimum atomic E-state index is -3.71. The molecule has 0 aliphatic heterocycles. The molecule has 0 aromatic heterocycles. The maximum atomic E-state index is 13.2. The van der Waals surface area contributed by atoms with Gasteiger partial charge in [-0.2, -0.15) is 0 Å². The standard InChI is InChI=1S/C21H29NO3S/c1-13(2)17-10-8-9-15(5)21(17)22-26(23,24)20-12-18(14(3)4)19(25-7)11-16(20)6/h8-14,22H,1-7H3. The van der Waals surface area contributed by atoms with Crippen LogP contribution in [0.1, 0.15) is 61.8 Å². The molecule has 0 amide bonds. The van der Waals surface area contributed by atoms with Crippen molar-refractivity contribution in [3.05, 3.63) is 52.6 Å². The Labute approximate surface area is 157 Å². The molecule has 0 aliphatic rings. The molecule has 2 aromatic rings. The number of anilines is 1. The van der Waals surface area contributed by atoms with Gasteiger partial charge in [0.1, 0.15) is 5.75 Å². The highest BCUT2D eigenvalue weighted by Gasteiger charge is 2.23. The summed E-state index contributed by atoms with van der Waals surface area (Å²) in [5, 5.41) is 0. The maximum Gasteiger partial charge on any atom is 0.262 e. The molecule has 0 saturated carbocycles. The van der Waals surface area contributed by atoms with Crippen LogP contribution < -0.4 is 9.46 Å². The fourth-order valence-electron chi connectivity index (χ4n) is 3.10. The number of sulfonamides is 1. The van der Waals surface area contributed by atoms with Gasteiger partial charge in [0, 0.05) is 0 Å². The van der Waals surface area contributed by atoms with Crippen molar-refractivity contribution in [2.24, 2.45) is 0 Å². The van der Waals surface area contributed by atoms with Gasteiger partial charge in [-0.3, -0.25) is 4.72 Å². The second kappa shape index (κ2) is 7.70. The zero-order valence-electron chi connectivity index (χ0n) is 16.7. The summed E-state index contributed by atoms with van der Waals surface area (Å²) in [7, 11) is -2.10. The van der Waals surface area contributed by atoms with Gasteiger partial charge in [0.2, 0.25) is 0 Å². The van der Waals surface area contributed by atoms with E-state index in [2.05, 4.69) is 18.6 Å². The largest absolute Gasteiger partial charge is 0.496 e. The Morgan fingerprint density at radius 3 is 2.08 bits per heavy atom. The molecule has 1 N–H and O–H groups in total. The van der Waals surface area contributed by atoms with Crippen LogP contribution in [-0.4, -0.2) is 15.5 Å². The number of rotatable bonds is 6. The molecule has 5 heteroatoms. The minimum Gasteiger partial charge on any atom is -0.496 e. The van der Waals surface area contributed by atoms with Crippen LogP contribution in [-0.2, 0) is 10.0 Å². The van der Waals surface area contributed by atoms with Crippen LogP contribution in [0.4, 0.5) is 5.69 Å². The molecule has 2 rings (SSSR count). The summed E-state index contributed by atoms with van der Waals surface area (Å²) >= 11 is 0. The highest BCUT2D eigenvalue weighted by atomic mass is 32.2. The van der Waals surface area contributed by atoms with Crippen LogP contribution in [0.15, 0.2) is 35.2 Å². The molecule has 0 bridgehead atoms. The molecule has 4 nitrogen and oxygen atoms in total. The number of nitrogens with one attached hydrogen (secondary N) is 1. The molecule has 26 heavy (non-hydrogen) atoms. The third-order valence-corrected chi connectivity index (χ3v) is 6.09. The summed E-state index contributed by atoms with van der Waals surface area (Å²) in [4.78, 5) is 0.292. The molecule has 0 fully saturated rings. The Morgan fingerprint density at radius 1 is 0.923 bits per heavy atom. The maximum absolute atomic E-state index is 13.2. The van der Waals surface area contributed by atoms with Crippen molar-refractivity contribution in [2.45, 2.75) is 58.3 Å². The lowest BCUT2D eigenvalue weighted by atomic mass is 9.99. The van der Waals surface area contributed by atoms with Crippen LogP contribution in [0.25, 0.3) is 0 Å². The second-order valence-electron chi connectivity index (χ2n) is 7.31. The van der Waals surface area contributed by atoms with Gasteiger partial charge in [0.25, 0.3) is 10.0 Å². The highest BCUT2D eigenvalue weighted by Crippen LogP contribution is 2.34. The minimum absolute atomic E-state index is 0.157. The van der Waals surface area contributed by atoms with Crippen molar-refractivity contribution in [1.82, 2.24) is 0 Å². The number of ether oxygens (including phenoxy) is 1. The first-order chi connectivity index (χ1) is 12.1. The number of para-hydroxylation sites is 1. The van der Waals surface area contributed by atoms with Gasteiger partial charge in [0.05, 0.1) is 17.7 Å². The topological polar surface area (TPSA) is 55.4 Å². The zero-order valence-corrected chi connectivity index (χ0v) is 17.5. The number of hydrogen-bond donors (Lipinski definition) is 1. The van der Waals surface area contributed by atoms with Gasteiger partial charge in [-0.05, 0) is 60.1 Å². The molecule has 142 valence electrons. The van der Waals surface area contributed by atoms with E-state index in [1.807, 2.05) is 39.0 Å². The van der Waals surface area contributed by atoms with Gasteiger partial charge in [0.15, 0.2) is 0 Å². The van der Waals surface area contributed by atoms with E-state index >= 15 is 0 Å². The van der Waals surface area contributed by atoms with Crippen molar-refractivity contribution in [1.29, 1.82) is 0 Å². The van der Waals surface area contributed by atoms with Crippen LogP contribution in [0.5, 0.6) is 5.75 Å². The van der Waals surface area contributed by atoms with E-state index < -0.39 is 10.0 Å². The molecule has 0 heterocycles. The summed E-state index contributed by atoms with van der Waals surface area (Å²) in [5.41, 5.74) is 4.12. The van der Waals surface area contributed by atoms with E-state index in [4.69, 9.17) is 4.74 Å². The van der Waals surface area contributed by atoms with E-state index in [1.165, 1.54) is 0 Å². The fourth-order valence-corrected chi connectivity index (χ4v) is 4.52. The third kappa shape index (κ3) is 4.04. The van der Waals surface area contributed by atoms with Crippen LogP contribution in [0.2, 0.25) is 0 Å². The normalized spacial score (nSPS) is 11.9. The van der Waals surface area contributed by atoms with Crippen LogP contribution in [0, 0.1) is 13.8 Å². The summed E-state index contributed by atoms with van der Waals surface area (Å²) in [6.07, 6.45) is 0. The highest BCUT2D eigenvalue weighted by molar-refractivity contribution is 7.92.